The van der Waals surface area contributed by atoms with E-state index in [9.17, 15) is 9.59 Å². The minimum absolute atomic E-state index is 0.0739. The van der Waals surface area contributed by atoms with Gasteiger partial charge in [-0.25, -0.2) is 9.97 Å². The number of rotatable bonds is 5. The molecule has 0 aliphatic heterocycles. The lowest BCUT2D eigenvalue weighted by Crippen LogP contribution is -2.30. The number of nitrogens with one attached hydrogen (secondary N) is 1. The average molecular weight is 417 g/mol. The van der Waals surface area contributed by atoms with E-state index in [1.165, 1.54) is 28.2 Å². The second kappa shape index (κ2) is 7.84. The van der Waals surface area contributed by atoms with Crippen molar-refractivity contribution in [3.63, 3.8) is 0 Å². The van der Waals surface area contributed by atoms with Gasteiger partial charge in [0.2, 0.25) is 0 Å². The summed E-state index contributed by atoms with van der Waals surface area (Å²) < 4.78 is 5.20. The van der Waals surface area contributed by atoms with Gasteiger partial charge in [0.15, 0.2) is 12.4 Å². The van der Waals surface area contributed by atoms with E-state index in [0.717, 1.165) is 34.4 Å². The zero-order valence-electron chi connectivity index (χ0n) is 15.4. The molecule has 1 aliphatic rings. The van der Waals surface area contributed by atoms with E-state index in [1.807, 2.05) is 13.0 Å². The van der Waals surface area contributed by atoms with Crippen molar-refractivity contribution in [2.75, 3.05) is 12.3 Å². The molecule has 0 saturated carbocycles. The highest BCUT2D eigenvalue weighted by Gasteiger charge is 2.20. The summed E-state index contributed by atoms with van der Waals surface area (Å²) in [7, 11) is 0. The summed E-state index contributed by atoms with van der Waals surface area (Å²) in [5.74, 6) is -0.0236. The minimum Gasteiger partial charge on any atom is -0.456 e. The van der Waals surface area contributed by atoms with Crippen LogP contribution in [0.25, 0.3) is 10.2 Å². The molecule has 3 heterocycles. The first kappa shape index (κ1) is 18.8. The van der Waals surface area contributed by atoms with Crippen LogP contribution in [0, 0.1) is 6.92 Å². The largest absolute Gasteiger partial charge is 0.456 e. The molecule has 0 bridgehead atoms. The fourth-order valence-corrected chi connectivity index (χ4v) is 5.36. The Morgan fingerprint density at radius 3 is 2.82 bits per heavy atom. The molecule has 0 atom stereocenters. The number of carbonyl (C=O) groups excluding carboxylic acids is 2. The van der Waals surface area contributed by atoms with Crippen molar-refractivity contribution in [2.45, 2.75) is 39.2 Å². The van der Waals surface area contributed by atoms with Crippen LogP contribution in [0.1, 0.15) is 43.7 Å². The maximum atomic E-state index is 12.0. The zero-order chi connectivity index (χ0) is 19.7. The Balaban J connectivity index is 1.37. The highest BCUT2D eigenvalue weighted by atomic mass is 32.1. The number of fused-ring (bicyclic) bond motifs is 3. The van der Waals surface area contributed by atoms with E-state index in [4.69, 9.17) is 10.5 Å². The fourth-order valence-electron chi connectivity index (χ4n) is 3.29. The Kier molecular flexibility index (Phi) is 5.27. The molecule has 28 heavy (non-hydrogen) atoms. The number of nitrogen functional groups attached to an aromatic ring is 1. The Morgan fingerprint density at radius 2 is 2.04 bits per heavy atom. The molecule has 0 spiro atoms. The van der Waals surface area contributed by atoms with E-state index in [1.54, 1.807) is 17.4 Å². The van der Waals surface area contributed by atoms with Gasteiger partial charge in [-0.05, 0) is 50.3 Å². The highest BCUT2D eigenvalue weighted by molar-refractivity contribution is 7.19. The number of amides is 1. The maximum Gasteiger partial charge on any atom is 0.325 e. The molecule has 9 heteroatoms. The number of hydrogen-bond acceptors (Lipinski definition) is 8. The maximum absolute atomic E-state index is 12.0. The van der Waals surface area contributed by atoms with E-state index >= 15 is 0 Å². The summed E-state index contributed by atoms with van der Waals surface area (Å²) in [5, 5.41) is 3.51. The number of ether oxygens (including phenoxy) is 1. The molecule has 3 aromatic heterocycles. The number of hydrogen-bond donors (Lipinski definition) is 2. The number of carbonyl (C=O) groups is 2. The standard InChI is InChI=1S/C19H20N4O3S2/c1-10-6-7-13(27-10)18(25)21-8-15(24)26-9-14-22-17(20)16-11-4-2-3-5-12(11)28-19(16)23-14/h6-7H,2-5,8-9H2,1H3,(H,21,25)(H2,20,22,23). The first-order valence-electron chi connectivity index (χ1n) is 9.08. The topological polar surface area (TPSA) is 107 Å². The molecule has 7 nitrogen and oxygen atoms in total. The van der Waals surface area contributed by atoms with Crippen LogP contribution in [0.15, 0.2) is 12.1 Å². The third kappa shape index (κ3) is 3.85. The van der Waals surface area contributed by atoms with Gasteiger partial charge in [0.1, 0.15) is 17.2 Å². The molecule has 3 N–H and O–H groups in total. The molecular weight excluding hydrogens is 396 g/mol. The van der Waals surface area contributed by atoms with E-state index in [0.29, 0.717) is 16.5 Å². The molecule has 4 rings (SSSR count). The molecule has 0 radical (unpaired) electrons. The third-order valence-corrected chi connectivity index (χ3v) is 6.79. The van der Waals surface area contributed by atoms with Crippen molar-refractivity contribution in [2.24, 2.45) is 0 Å². The predicted octanol–water partition coefficient (Wildman–Crippen LogP) is 3.00. The molecule has 0 unspecified atom stereocenters. The lowest BCUT2D eigenvalue weighted by molar-refractivity contribution is -0.143. The summed E-state index contributed by atoms with van der Waals surface area (Å²) >= 11 is 3.02. The van der Waals surface area contributed by atoms with Crippen LogP contribution < -0.4 is 11.1 Å². The van der Waals surface area contributed by atoms with Crippen LogP contribution in [0.4, 0.5) is 5.82 Å². The summed E-state index contributed by atoms with van der Waals surface area (Å²) in [4.78, 5) is 36.5. The van der Waals surface area contributed by atoms with Crippen LogP contribution in [0.3, 0.4) is 0 Å². The number of anilines is 1. The predicted molar refractivity (Wildman–Crippen MR) is 110 cm³/mol. The van der Waals surface area contributed by atoms with Gasteiger partial charge in [0, 0.05) is 9.75 Å². The molecule has 1 amide bonds. The van der Waals surface area contributed by atoms with Crippen molar-refractivity contribution in [3.8, 4) is 0 Å². The molecular formula is C19H20N4O3S2. The molecule has 0 fully saturated rings. The second-order valence-electron chi connectivity index (χ2n) is 6.67. The number of esters is 1. The normalized spacial score (nSPS) is 13.3. The van der Waals surface area contributed by atoms with Crippen LogP contribution in [0.5, 0.6) is 0 Å². The molecule has 146 valence electrons. The molecule has 0 saturated heterocycles. The summed E-state index contributed by atoms with van der Waals surface area (Å²) in [6.45, 7) is 1.64. The lowest BCUT2D eigenvalue weighted by Gasteiger charge is -2.10. The van der Waals surface area contributed by atoms with Gasteiger partial charge >= 0.3 is 5.97 Å². The average Bonchev–Trinajstić information content (AvgIpc) is 3.27. The van der Waals surface area contributed by atoms with Gasteiger partial charge in [0.25, 0.3) is 5.91 Å². The first-order chi connectivity index (χ1) is 13.5. The highest BCUT2D eigenvalue weighted by Crippen LogP contribution is 2.37. The second-order valence-corrected chi connectivity index (χ2v) is 9.04. The van der Waals surface area contributed by atoms with E-state index < -0.39 is 5.97 Å². The van der Waals surface area contributed by atoms with E-state index in [2.05, 4.69) is 15.3 Å². The van der Waals surface area contributed by atoms with Gasteiger partial charge in [-0.2, -0.15) is 0 Å². The zero-order valence-corrected chi connectivity index (χ0v) is 17.0. The smallest absolute Gasteiger partial charge is 0.325 e. The van der Waals surface area contributed by atoms with Crippen LogP contribution in [0.2, 0.25) is 0 Å². The fraction of sp³-hybridized carbons (Fsp3) is 0.368. The quantitative estimate of drug-likeness (QED) is 0.619. The summed E-state index contributed by atoms with van der Waals surface area (Å²) in [5.41, 5.74) is 7.43. The molecule has 3 aromatic rings. The van der Waals surface area contributed by atoms with Crippen molar-refractivity contribution in [3.05, 3.63) is 38.2 Å². The molecule has 0 aromatic carbocycles. The monoisotopic (exact) mass is 416 g/mol. The summed E-state index contributed by atoms with van der Waals surface area (Å²) in [6.07, 6.45) is 4.42. The lowest BCUT2D eigenvalue weighted by atomic mass is 9.97. The Bertz CT molecular complexity index is 1060. The third-order valence-electron chi connectivity index (χ3n) is 4.61. The number of nitrogens with zero attached hydrogens (tertiary/aromatic N) is 2. The number of aromatic nitrogens is 2. The van der Waals surface area contributed by atoms with Crippen molar-refractivity contribution in [1.82, 2.24) is 15.3 Å². The van der Waals surface area contributed by atoms with Gasteiger partial charge in [-0.15, -0.1) is 22.7 Å². The van der Waals surface area contributed by atoms with Crippen molar-refractivity contribution in [1.29, 1.82) is 0 Å². The van der Waals surface area contributed by atoms with Gasteiger partial charge in [-0.1, -0.05) is 0 Å². The van der Waals surface area contributed by atoms with Crippen molar-refractivity contribution < 1.29 is 14.3 Å². The minimum atomic E-state index is -0.547. The SMILES string of the molecule is Cc1ccc(C(=O)NCC(=O)OCc2nc(N)c3c4c(sc3n2)CCCC4)s1. The van der Waals surface area contributed by atoms with Crippen molar-refractivity contribution >= 4 is 50.6 Å². The van der Waals surface area contributed by atoms with E-state index in [-0.39, 0.29) is 19.1 Å². The molecule has 1 aliphatic carbocycles. The van der Waals surface area contributed by atoms with Gasteiger partial charge in [-0.3, -0.25) is 9.59 Å². The summed E-state index contributed by atoms with van der Waals surface area (Å²) in [6, 6.07) is 3.59. The number of nitrogens with two attached hydrogens (primary N) is 1. The van der Waals surface area contributed by atoms with Crippen LogP contribution in [-0.2, 0) is 29.0 Å². The van der Waals surface area contributed by atoms with Gasteiger partial charge < -0.3 is 15.8 Å². The Labute approximate surface area is 169 Å². The van der Waals surface area contributed by atoms with Gasteiger partial charge in [0.05, 0.1) is 10.3 Å². The Hall–Kier alpha value is -2.52. The van der Waals surface area contributed by atoms with Crippen LogP contribution in [-0.4, -0.2) is 28.4 Å². The van der Waals surface area contributed by atoms with Crippen LogP contribution >= 0.6 is 22.7 Å². The first-order valence-corrected chi connectivity index (χ1v) is 10.7. The number of thiophene rings is 2. The Morgan fingerprint density at radius 1 is 1.21 bits per heavy atom. The number of aryl methyl sites for hydroxylation is 3.